The van der Waals surface area contributed by atoms with E-state index in [1.807, 2.05) is 0 Å². The van der Waals surface area contributed by atoms with Crippen LogP contribution in [0.5, 0.6) is 11.5 Å². The molecular weight excluding hydrogens is 350 g/mol. The smallest absolute Gasteiger partial charge is 0.387 e. The van der Waals surface area contributed by atoms with E-state index in [2.05, 4.69) is 20.1 Å². The summed E-state index contributed by atoms with van der Waals surface area (Å²) >= 11 is 0. The van der Waals surface area contributed by atoms with Crippen LogP contribution in [-0.4, -0.2) is 32.8 Å². The Kier molecular flexibility index (Phi) is 6.31. The Bertz CT molecular complexity index is 781. The molecule has 0 radical (unpaired) electrons. The first-order valence-corrected chi connectivity index (χ1v) is 7.32. The monoisotopic (exact) mass is 366 g/mol. The zero-order valence-electron chi connectivity index (χ0n) is 13.9. The summed E-state index contributed by atoms with van der Waals surface area (Å²) < 4.78 is 38.2. The number of nitrogens with one attached hydrogen (secondary N) is 2. The third-order valence-electron chi connectivity index (χ3n) is 3.20. The molecule has 0 spiro atoms. The lowest BCUT2D eigenvalue weighted by Crippen LogP contribution is -2.19. The van der Waals surface area contributed by atoms with E-state index < -0.39 is 18.6 Å². The van der Waals surface area contributed by atoms with Crippen molar-refractivity contribution in [2.45, 2.75) is 6.61 Å². The van der Waals surface area contributed by atoms with Gasteiger partial charge in [0.05, 0.1) is 14.2 Å². The van der Waals surface area contributed by atoms with Crippen LogP contribution in [0.4, 0.5) is 25.0 Å². The Hall–Kier alpha value is -3.36. The lowest BCUT2D eigenvalue weighted by Gasteiger charge is -2.11. The van der Waals surface area contributed by atoms with Gasteiger partial charge in [0.2, 0.25) is 0 Å². The van der Waals surface area contributed by atoms with Gasteiger partial charge in [0.15, 0.2) is 0 Å². The summed E-state index contributed by atoms with van der Waals surface area (Å²) in [7, 11) is 2.63. The molecule has 2 rings (SSSR count). The number of amides is 2. The molecule has 7 nitrogen and oxygen atoms in total. The number of alkyl halides is 2. The number of ether oxygens (including phenoxy) is 3. The molecule has 0 aliphatic rings. The minimum atomic E-state index is -2.92. The molecule has 2 aromatic rings. The molecule has 0 aliphatic carbocycles. The van der Waals surface area contributed by atoms with Gasteiger partial charge >= 0.3 is 18.6 Å². The van der Waals surface area contributed by atoms with Crippen LogP contribution >= 0.6 is 0 Å². The fraction of sp³-hybridized carbons (Fsp3) is 0.176. The first-order chi connectivity index (χ1) is 12.4. The Morgan fingerprint density at radius 2 is 1.58 bits per heavy atom. The van der Waals surface area contributed by atoms with Crippen molar-refractivity contribution < 1.29 is 32.6 Å². The zero-order chi connectivity index (χ0) is 19.1. The molecule has 2 aromatic carbocycles. The second-order valence-corrected chi connectivity index (χ2v) is 4.89. The molecular formula is C17H16F2N2O5. The minimum absolute atomic E-state index is 0.0194. The summed E-state index contributed by atoms with van der Waals surface area (Å²) in [6.45, 7) is -2.92. The van der Waals surface area contributed by atoms with E-state index in [4.69, 9.17) is 4.74 Å². The van der Waals surface area contributed by atoms with Gasteiger partial charge in [0, 0.05) is 17.4 Å². The van der Waals surface area contributed by atoms with E-state index in [1.165, 1.54) is 56.7 Å². The van der Waals surface area contributed by atoms with E-state index in [-0.39, 0.29) is 17.1 Å². The summed E-state index contributed by atoms with van der Waals surface area (Å²) in [5.41, 5.74) is 0.975. The van der Waals surface area contributed by atoms with Crippen LogP contribution in [0.25, 0.3) is 0 Å². The maximum atomic E-state index is 12.1. The zero-order valence-corrected chi connectivity index (χ0v) is 13.9. The standard InChI is InChI=1S/C17H16F2N2O5/c1-24-14-9-11(5-8-13(14)15(22)25-2)21-17(23)20-10-3-6-12(7-4-10)26-16(18)19/h3-9,16H,1-2H3,(H2,20,21,23). The average Bonchev–Trinajstić information content (AvgIpc) is 2.62. The Labute approximate surface area is 147 Å². The number of urea groups is 1. The number of anilines is 2. The topological polar surface area (TPSA) is 85.9 Å². The largest absolute Gasteiger partial charge is 0.496 e. The van der Waals surface area contributed by atoms with Crippen LogP contribution < -0.4 is 20.1 Å². The van der Waals surface area contributed by atoms with Gasteiger partial charge in [-0.25, -0.2) is 9.59 Å². The summed E-state index contributed by atoms with van der Waals surface area (Å²) in [5.74, 6) is -0.346. The normalized spacial score (nSPS) is 10.2. The van der Waals surface area contributed by atoms with Crippen molar-refractivity contribution in [3.05, 3.63) is 48.0 Å². The number of hydrogen-bond acceptors (Lipinski definition) is 5. The molecule has 0 saturated carbocycles. The third kappa shape index (κ3) is 5.07. The number of carbonyl (C=O) groups is 2. The number of esters is 1. The second-order valence-electron chi connectivity index (χ2n) is 4.89. The van der Waals surface area contributed by atoms with Crippen LogP contribution in [0, 0.1) is 0 Å². The third-order valence-corrected chi connectivity index (χ3v) is 3.20. The number of hydrogen-bond donors (Lipinski definition) is 2. The molecule has 26 heavy (non-hydrogen) atoms. The van der Waals surface area contributed by atoms with Gasteiger partial charge in [-0.1, -0.05) is 0 Å². The van der Waals surface area contributed by atoms with E-state index in [1.54, 1.807) is 0 Å². The van der Waals surface area contributed by atoms with E-state index in [0.29, 0.717) is 11.4 Å². The Balaban J connectivity index is 2.02. The molecule has 0 fully saturated rings. The van der Waals surface area contributed by atoms with Gasteiger partial charge in [-0.3, -0.25) is 0 Å². The van der Waals surface area contributed by atoms with Crippen LogP contribution in [0.1, 0.15) is 10.4 Å². The minimum Gasteiger partial charge on any atom is -0.496 e. The molecule has 0 saturated heterocycles. The van der Waals surface area contributed by atoms with Crippen molar-refractivity contribution in [1.29, 1.82) is 0 Å². The highest BCUT2D eigenvalue weighted by Gasteiger charge is 2.14. The van der Waals surface area contributed by atoms with Gasteiger partial charge < -0.3 is 24.8 Å². The number of benzene rings is 2. The number of methoxy groups -OCH3 is 2. The number of carbonyl (C=O) groups excluding carboxylic acids is 2. The molecule has 0 atom stereocenters. The highest BCUT2D eigenvalue weighted by molar-refractivity contribution is 6.00. The summed E-state index contributed by atoms with van der Waals surface area (Å²) in [6, 6.07) is 9.29. The second kappa shape index (κ2) is 8.65. The van der Waals surface area contributed by atoms with Crippen molar-refractivity contribution in [3.8, 4) is 11.5 Å². The first-order valence-electron chi connectivity index (χ1n) is 7.32. The molecule has 0 bridgehead atoms. The van der Waals surface area contributed by atoms with Gasteiger partial charge in [-0.15, -0.1) is 0 Å². The Morgan fingerprint density at radius 3 is 2.15 bits per heavy atom. The Morgan fingerprint density at radius 1 is 0.962 bits per heavy atom. The van der Waals surface area contributed by atoms with Gasteiger partial charge in [0.1, 0.15) is 17.1 Å². The molecule has 0 unspecified atom stereocenters. The highest BCUT2D eigenvalue weighted by atomic mass is 19.3. The average molecular weight is 366 g/mol. The van der Waals surface area contributed by atoms with Crippen molar-refractivity contribution in [1.82, 2.24) is 0 Å². The predicted molar refractivity (Wildman–Crippen MR) is 90.0 cm³/mol. The molecule has 0 heterocycles. The highest BCUT2D eigenvalue weighted by Crippen LogP contribution is 2.24. The lowest BCUT2D eigenvalue weighted by molar-refractivity contribution is -0.0498. The number of rotatable bonds is 6. The molecule has 0 aliphatic heterocycles. The summed E-state index contributed by atoms with van der Waals surface area (Å²) in [4.78, 5) is 23.6. The molecule has 2 N–H and O–H groups in total. The van der Waals surface area contributed by atoms with Crippen molar-refractivity contribution in [3.63, 3.8) is 0 Å². The van der Waals surface area contributed by atoms with Gasteiger partial charge in [0.25, 0.3) is 0 Å². The van der Waals surface area contributed by atoms with Crippen molar-refractivity contribution >= 4 is 23.4 Å². The molecule has 138 valence electrons. The van der Waals surface area contributed by atoms with Gasteiger partial charge in [-0.05, 0) is 36.4 Å². The quantitative estimate of drug-likeness (QED) is 0.761. The number of halogens is 2. The van der Waals surface area contributed by atoms with Crippen LogP contribution in [0.15, 0.2) is 42.5 Å². The molecule has 9 heteroatoms. The SMILES string of the molecule is COC(=O)c1ccc(NC(=O)Nc2ccc(OC(F)F)cc2)cc1OC. The van der Waals surface area contributed by atoms with E-state index in [9.17, 15) is 18.4 Å². The van der Waals surface area contributed by atoms with E-state index >= 15 is 0 Å². The fourth-order valence-electron chi connectivity index (χ4n) is 2.06. The first kappa shape index (κ1) is 19.0. The van der Waals surface area contributed by atoms with Gasteiger partial charge in [-0.2, -0.15) is 8.78 Å². The predicted octanol–water partition coefficient (Wildman–Crippen LogP) is 3.73. The lowest BCUT2D eigenvalue weighted by atomic mass is 10.2. The van der Waals surface area contributed by atoms with Crippen LogP contribution in [0.2, 0.25) is 0 Å². The fourth-order valence-corrected chi connectivity index (χ4v) is 2.06. The van der Waals surface area contributed by atoms with Crippen LogP contribution in [-0.2, 0) is 4.74 Å². The maximum absolute atomic E-state index is 12.1. The van der Waals surface area contributed by atoms with Crippen LogP contribution in [0.3, 0.4) is 0 Å². The van der Waals surface area contributed by atoms with E-state index in [0.717, 1.165) is 0 Å². The molecule has 0 aromatic heterocycles. The summed E-state index contributed by atoms with van der Waals surface area (Å²) in [5, 5.41) is 5.09. The van der Waals surface area contributed by atoms with Crippen molar-refractivity contribution in [2.75, 3.05) is 24.9 Å². The van der Waals surface area contributed by atoms with Crippen molar-refractivity contribution in [2.24, 2.45) is 0 Å². The maximum Gasteiger partial charge on any atom is 0.387 e. The summed E-state index contributed by atoms with van der Waals surface area (Å²) in [6.07, 6.45) is 0. The molecule has 2 amide bonds.